The molecular weight excluding hydrogens is 248 g/mol. The lowest BCUT2D eigenvalue weighted by Crippen LogP contribution is -2.47. The molecule has 0 saturated carbocycles. The van der Waals surface area contributed by atoms with Crippen LogP contribution in [0.1, 0.15) is 27.2 Å². The summed E-state index contributed by atoms with van der Waals surface area (Å²) in [5, 5.41) is 0. The molecule has 0 aliphatic rings. The molecule has 0 saturated heterocycles. The van der Waals surface area contributed by atoms with E-state index in [2.05, 4.69) is 0 Å². The molecule has 110 valence electrons. The van der Waals surface area contributed by atoms with E-state index in [4.69, 9.17) is 17.2 Å². The van der Waals surface area contributed by atoms with Gasteiger partial charge >= 0.3 is 0 Å². The van der Waals surface area contributed by atoms with Gasteiger partial charge in [0.15, 0.2) is 0 Å². The summed E-state index contributed by atoms with van der Waals surface area (Å²) in [5.74, 6) is -2.21. The van der Waals surface area contributed by atoms with E-state index >= 15 is 0 Å². The number of hydrogen-bond donors (Lipinski definition) is 3. The maximum Gasteiger partial charge on any atom is 0.237 e. The summed E-state index contributed by atoms with van der Waals surface area (Å²) < 4.78 is 0. The minimum absolute atomic E-state index is 0.0924. The smallest absolute Gasteiger partial charge is 0.237 e. The Labute approximate surface area is 113 Å². The van der Waals surface area contributed by atoms with E-state index < -0.39 is 17.7 Å². The van der Waals surface area contributed by atoms with Crippen LogP contribution in [-0.4, -0.2) is 42.3 Å². The molecular formula is C12H24N4O3. The minimum atomic E-state index is -0.693. The van der Waals surface area contributed by atoms with Gasteiger partial charge < -0.3 is 22.1 Å². The molecule has 0 rings (SSSR count). The van der Waals surface area contributed by atoms with E-state index in [1.54, 1.807) is 0 Å². The summed E-state index contributed by atoms with van der Waals surface area (Å²) in [6.45, 7) is 5.43. The quantitative estimate of drug-likeness (QED) is 0.536. The maximum absolute atomic E-state index is 12.3. The second-order valence-corrected chi connectivity index (χ2v) is 5.82. The Morgan fingerprint density at radius 1 is 1.05 bits per heavy atom. The Kier molecular flexibility index (Phi) is 6.47. The molecule has 0 fully saturated rings. The van der Waals surface area contributed by atoms with Gasteiger partial charge in [0.05, 0.1) is 19.0 Å². The Morgan fingerprint density at radius 2 is 1.47 bits per heavy atom. The van der Waals surface area contributed by atoms with Crippen LogP contribution < -0.4 is 17.2 Å². The van der Waals surface area contributed by atoms with Crippen molar-refractivity contribution in [3.8, 4) is 0 Å². The lowest BCUT2D eigenvalue weighted by atomic mass is 9.84. The van der Waals surface area contributed by atoms with Crippen molar-refractivity contribution < 1.29 is 14.4 Å². The first-order valence-corrected chi connectivity index (χ1v) is 6.12. The van der Waals surface area contributed by atoms with E-state index in [9.17, 15) is 14.4 Å². The Balaban J connectivity index is 4.92. The fourth-order valence-corrected chi connectivity index (χ4v) is 1.86. The highest BCUT2D eigenvalue weighted by Crippen LogP contribution is 2.25. The Bertz CT molecular complexity index is 333. The van der Waals surface area contributed by atoms with Crippen LogP contribution in [0.4, 0.5) is 0 Å². The number of hydrogen-bond acceptors (Lipinski definition) is 4. The third-order valence-corrected chi connectivity index (χ3v) is 2.50. The highest BCUT2D eigenvalue weighted by atomic mass is 16.2. The van der Waals surface area contributed by atoms with Crippen LogP contribution in [-0.2, 0) is 14.4 Å². The highest BCUT2D eigenvalue weighted by Gasteiger charge is 2.29. The van der Waals surface area contributed by atoms with Gasteiger partial charge in [0.2, 0.25) is 17.7 Å². The third kappa shape index (κ3) is 7.40. The molecule has 7 nitrogen and oxygen atoms in total. The minimum Gasteiger partial charge on any atom is -0.368 e. The van der Waals surface area contributed by atoms with Gasteiger partial charge in [-0.3, -0.25) is 14.4 Å². The van der Waals surface area contributed by atoms with Gasteiger partial charge in [-0.15, -0.1) is 0 Å². The van der Waals surface area contributed by atoms with Crippen molar-refractivity contribution in [1.29, 1.82) is 0 Å². The molecule has 0 spiro atoms. The van der Waals surface area contributed by atoms with Crippen LogP contribution in [0.15, 0.2) is 0 Å². The number of primary amides is 2. The second-order valence-electron chi connectivity index (χ2n) is 5.82. The molecule has 1 unspecified atom stereocenters. The summed E-state index contributed by atoms with van der Waals surface area (Å²) in [6, 6.07) is 0. The zero-order valence-electron chi connectivity index (χ0n) is 11.8. The number of carbonyl (C=O) groups excluding carboxylic acids is 3. The fraction of sp³-hybridized carbons (Fsp3) is 0.750. The molecule has 0 aromatic rings. The van der Waals surface area contributed by atoms with Gasteiger partial charge in [0.25, 0.3) is 0 Å². The number of carbonyl (C=O) groups is 3. The molecule has 0 bridgehead atoms. The van der Waals surface area contributed by atoms with Crippen LogP contribution in [0, 0.1) is 11.3 Å². The van der Waals surface area contributed by atoms with Crippen molar-refractivity contribution >= 4 is 17.7 Å². The molecule has 0 aromatic heterocycles. The summed E-state index contributed by atoms with van der Waals surface area (Å²) in [4.78, 5) is 35.2. The van der Waals surface area contributed by atoms with Crippen LogP contribution in [0.3, 0.4) is 0 Å². The van der Waals surface area contributed by atoms with E-state index in [0.717, 1.165) is 4.90 Å². The van der Waals surface area contributed by atoms with Gasteiger partial charge in [-0.2, -0.15) is 0 Å². The normalized spacial score (nSPS) is 12.8. The zero-order chi connectivity index (χ0) is 15.2. The molecule has 6 N–H and O–H groups in total. The molecule has 3 amide bonds. The van der Waals surface area contributed by atoms with Crippen LogP contribution in [0.5, 0.6) is 0 Å². The summed E-state index contributed by atoms with van der Waals surface area (Å²) in [6.07, 6.45) is 0.552. The number of amides is 3. The summed E-state index contributed by atoms with van der Waals surface area (Å²) >= 11 is 0. The van der Waals surface area contributed by atoms with E-state index in [-0.39, 0.29) is 31.0 Å². The molecule has 0 aliphatic carbocycles. The Morgan fingerprint density at radius 3 is 1.74 bits per heavy atom. The summed E-state index contributed by atoms with van der Waals surface area (Å²) in [7, 11) is 0. The van der Waals surface area contributed by atoms with Crippen molar-refractivity contribution in [3.63, 3.8) is 0 Å². The maximum atomic E-state index is 12.3. The Hall–Kier alpha value is -1.63. The molecule has 0 radical (unpaired) electrons. The van der Waals surface area contributed by atoms with Gasteiger partial charge in [-0.1, -0.05) is 20.8 Å². The first kappa shape index (κ1) is 17.4. The topological polar surface area (TPSA) is 133 Å². The van der Waals surface area contributed by atoms with Crippen molar-refractivity contribution in [1.82, 2.24) is 4.90 Å². The molecule has 0 aliphatic heterocycles. The highest BCUT2D eigenvalue weighted by molar-refractivity contribution is 5.89. The predicted molar refractivity (Wildman–Crippen MR) is 71.6 cm³/mol. The molecule has 19 heavy (non-hydrogen) atoms. The monoisotopic (exact) mass is 272 g/mol. The van der Waals surface area contributed by atoms with E-state index in [1.807, 2.05) is 20.8 Å². The molecule has 0 heterocycles. The van der Waals surface area contributed by atoms with E-state index in [1.165, 1.54) is 0 Å². The predicted octanol–water partition coefficient (Wildman–Crippen LogP) is -1.20. The van der Waals surface area contributed by atoms with Crippen molar-refractivity contribution in [2.45, 2.75) is 27.2 Å². The SMILES string of the molecule is CC(C)(C)CC(CN)C(=O)N(CC(N)=O)CC(N)=O. The lowest BCUT2D eigenvalue weighted by Gasteiger charge is -2.29. The van der Waals surface area contributed by atoms with Crippen molar-refractivity contribution in [2.24, 2.45) is 28.5 Å². The number of rotatable bonds is 7. The lowest BCUT2D eigenvalue weighted by molar-refractivity contribution is -0.141. The van der Waals surface area contributed by atoms with Crippen LogP contribution in [0.2, 0.25) is 0 Å². The van der Waals surface area contributed by atoms with Crippen molar-refractivity contribution in [3.05, 3.63) is 0 Å². The molecule has 7 heteroatoms. The fourth-order valence-electron chi connectivity index (χ4n) is 1.86. The van der Waals surface area contributed by atoms with Crippen LogP contribution in [0.25, 0.3) is 0 Å². The van der Waals surface area contributed by atoms with Crippen LogP contribution >= 0.6 is 0 Å². The first-order chi connectivity index (χ1) is 8.56. The van der Waals surface area contributed by atoms with Gasteiger partial charge in [0, 0.05) is 6.54 Å². The second kappa shape index (κ2) is 7.08. The number of nitrogens with two attached hydrogens (primary N) is 3. The first-order valence-electron chi connectivity index (χ1n) is 6.12. The number of nitrogens with zero attached hydrogens (tertiary/aromatic N) is 1. The third-order valence-electron chi connectivity index (χ3n) is 2.50. The molecule has 1 atom stereocenters. The standard InChI is InChI=1S/C12H24N4O3/c1-12(2,3)4-8(5-13)11(19)16(6-9(14)17)7-10(15)18/h8H,4-7,13H2,1-3H3,(H2,14,17)(H2,15,18). The summed E-state index contributed by atoms with van der Waals surface area (Å²) in [5.41, 5.74) is 15.6. The van der Waals surface area contributed by atoms with E-state index in [0.29, 0.717) is 6.42 Å². The average molecular weight is 272 g/mol. The zero-order valence-corrected chi connectivity index (χ0v) is 11.8. The average Bonchev–Trinajstić information content (AvgIpc) is 2.21. The van der Waals surface area contributed by atoms with Crippen molar-refractivity contribution in [2.75, 3.05) is 19.6 Å². The van der Waals surface area contributed by atoms with Gasteiger partial charge in [-0.25, -0.2) is 0 Å². The molecule has 0 aromatic carbocycles. The van der Waals surface area contributed by atoms with Gasteiger partial charge in [0.1, 0.15) is 0 Å². The largest absolute Gasteiger partial charge is 0.368 e. The van der Waals surface area contributed by atoms with Gasteiger partial charge in [-0.05, 0) is 11.8 Å².